The highest BCUT2D eigenvalue weighted by Crippen LogP contribution is 2.34. The standard InChI is InChI=1S/C23H29N3O3/c1-23(2,3)25-21(27)16-9-7-10-17(15-16)24-20-18-11-5-6-12-19(18)22(28)26(20)13-8-14-29-4/h5-7,9-12,15,20,24H,8,13-14H2,1-4H3,(H,25,27). The van der Waals surface area contributed by atoms with E-state index in [9.17, 15) is 9.59 Å². The lowest BCUT2D eigenvalue weighted by atomic mass is 10.1. The molecule has 0 bridgehead atoms. The molecule has 6 nitrogen and oxygen atoms in total. The quantitative estimate of drug-likeness (QED) is 0.699. The Morgan fingerprint density at radius 1 is 1.14 bits per heavy atom. The minimum absolute atomic E-state index is 0.0100. The van der Waals surface area contributed by atoms with Gasteiger partial charge in [0, 0.05) is 48.2 Å². The van der Waals surface area contributed by atoms with Crippen LogP contribution in [0.5, 0.6) is 0 Å². The number of ether oxygens (including phenoxy) is 1. The van der Waals surface area contributed by atoms with Crippen molar-refractivity contribution in [1.29, 1.82) is 0 Å². The summed E-state index contributed by atoms with van der Waals surface area (Å²) in [6.07, 6.45) is 0.471. The average Bonchev–Trinajstić information content (AvgIpc) is 2.93. The van der Waals surface area contributed by atoms with Gasteiger partial charge >= 0.3 is 0 Å². The van der Waals surface area contributed by atoms with Crippen molar-refractivity contribution >= 4 is 17.5 Å². The van der Waals surface area contributed by atoms with Gasteiger partial charge in [-0.3, -0.25) is 9.59 Å². The molecule has 154 valence electrons. The predicted octanol–water partition coefficient (Wildman–Crippen LogP) is 3.82. The molecule has 2 amide bonds. The molecule has 1 heterocycles. The van der Waals surface area contributed by atoms with E-state index >= 15 is 0 Å². The van der Waals surface area contributed by atoms with Gasteiger partial charge in [0.2, 0.25) is 0 Å². The second-order valence-electron chi connectivity index (χ2n) is 8.26. The zero-order valence-electron chi connectivity index (χ0n) is 17.5. The number of methoxy groups -OCH3 is 1. The summed E-state index contributed by atoms with van der Waals surface area (Å²) in [7, 11) is 1.66. The minimum Gasteiger partial charge on any atom is -0.385 e. The Hall–Kier alpha value is -2.86. The molecule has 0 aliphatic carbocycles. The maximum absolute atomic E-state index is 12.9. The molecule has 1 aliphatic heterocycles. The van der Waals surface area contributed by atoms with Crippen LogP contribution in [0.4, 0.5) is 5.69 Å². The molecule has 2 N–H and O–H groups in total. The number of rotatable bonds is 7. The highest BCUT2D eigenvalue weighted by atomic mass is 16.5. The third-order valence-corrected chi connectivity index (χ3v) is 4.72. The number of fused-ring (bicyclic) bond motifs is 1. The maximum atomic E-state index is 12.9. The summed E-state index contributed by atoms with van der Waals surface area (Å²) < 4.78 is 5.15. The monoisotopic (exact) mass is 395 g/mol. The van der Waals surface area contributed by atoms with Crippen molar-refractivity contribution < 1.29 is 14.3 Å². The number of nitrogens with zero attached hydrogens (tertiary/aromatic N) is 1. The molecule has 2 aromatic carbocycles. The van der Waals surface area contributed by atoms with E-state index in [1.54, 1.807) is 13.2 Å². The molecule has 0 aromatic heterocycles. The molecule has 3 rings (SSSR count). The highest BCUT2D eigenvalue weighted by Gasteiger charge is 2.36. The Morgan fingerprint density at radius 2 is 1.90 bits per heavy atom. The second kappa shape index (κ2) is 8.66. The Bertz CT molecular complexity index is 889. The van der Waals surface area contributed by atoms with Gasteiger partial charge in [0.1, 0.15) is 6.17 Å². The average molecular weight is 396 g/mol. The zero-order valence-corrected chi connectivity index (χ0v) is 17.5. The molecule has 1 aliphatic rings. The van der Waals surface area contributed by atoms with Crippen LogP contribution in [0.3, 0.4) is 0 Å². The van der Waals surface area contributed by atoms with E-state index in [0.717, 1.165) is 17.7 Å². The Kier molecular flexibility index (Phi) is 6.23. The molecule has 29 heavy (non-hydrogen) atoms. The number of carbonyl (C=O) groups excluding carboxylic acids is 2. The summed E-state index contributed by atoms with van der Waals surface area (Å²) in [6.45, 7) is 7.03. The van der Waals surface area contributed by atoms with E-state index in [2.05, 4.69) is 10.6 Å². The lowest BCUT2D eigenvalue weighted by Crippen LogP contribution is -2.40. The number of hydrogen-bond acceptors (Lipinski definition) is 4. The van der Waals surface area contributed by atoms with Crippen LogP contribution in [0.25, 0.3) is 0 Å². The van der Waals surface area contributed by atoms with E-state index in [1.165, 1.54) is 0 Å². The normalized spacial score (nSPS) is 15.9. The molecule has 0 spiro atoms. The number of benzene rings is 2. The van der Waals surface area contributed by atoms with E-state index in [-0.39, 0.29) is 23.5 Å². The van der Waals surface area contributed by atoms with Crippen molar-refractivity contribution in [3.05, 3.63) is 65.2 Å². The van der Waals surface area contributed by atoms with Crippen LogP contribution in [0.1, 0.15) is 59.6 Å². The first-order valence-corrected chi connectivity index (χ1v) is 9.88. The molecular weight excluding hydrogens is 366 g/mol. The van der Waals surface area contributed by atoms with Crippen molar-refractivity contribution in [3.8, 4) is 0 Å². The molecule has 0 fully saturated rings. The lowest BCUT2D eigenvalue weighted by molar-refractivity contribution is 0.0721. The summed E-state index contributed by atoms with van der Waals surface area (Å²) in [5.41, 5.74) is 2.71. The summed E-state index contributed by atoms with van der Waals surface area (Å²) in [4.78, 5) is 27.3. The first-order valence-electron chi connectivity index (χ1n) is 9.88. The molecule has 0 saturated carbocycles. The number of anilines is 1. The van der Waals surface area contributed by atoms with Crippen LogP contribution >= 0.6 is 0 Å². The molecule has 0 radical (unpaired) electrons. The summed E-state index contributed by atoms with van der Waals surface area (Å²) in [5, 5.41) is 6.42. The predicted molar refractivity (Wildman–Crippen MR) is 114 cm³/mol. The Morgan fingerprint density at radius 3 is 2.62 bits per heavy atom. The van der Waals surface area contributed by atoms with E-state index in [1.807, 2.05) is 68.1 Å². The van der Waals surface area contributed by atoms with Gasteiger partial charge in [0.25, 0.3) is 11.8 Å². The van der Waals surface area contributed by atoms with Crippen LogP contribution < -0.4 is 10.6 Å². The Balaban J connectivity index is 1.84. The molecule has 6 heteroatoms. The van der Waals surface area contributed by atoms with Crippen molar-refractivity contribution in [3.63, 3.8) is 0 Å². The first kappa shape index (κ1) is 20.9. The van der Waals surface area contributed by atoms with Crippen LogP contribution in [0.2, 0.25) is 0 Å². The van der Waals surface area contributed by atoms with Gasteiger partial charge in [0.15, 0.2) is 0 Å². The SMILES string of the molecule is COCCCN1C(=O)c2ccccc2C1Nc1cccc(C(=O)NC(C)(C)C)c1. The van der Waals surface area contributed by atoms with Crippen molar-refractivity contribution in [2.75, 3.05) is 25.6 Å². The van der Waals surface area contributed by atoms with Gasteiger partial charge in [-0.15, -0.1) is 0 Å². The van der Waals surface area contributed by atoms with Crippen molar-refractivity contribution in [2.24, 2.45) is 0 Å². The van der Waals surface area contributed by atoms with Gasteiger partial charge in [-0.2, -0.15) is 0 Å². The third kappa shape index (κ3) is 4.95. The fourth-order valence-corrected chi connectivity index (χ4v) is 3.46. The molecule has 0 saturated heterocycles. The van der Waals surface area contributed by atoms with Crippen LogP contribution in [0.15, 0.2) is 48.5 Å². The molecular formula is C23H29N3O3. The highest BCUT2D eigenvalue weighted by molar-refractivity contribution is 5.99. The molecule has 1 unspecified atom stereocenters. The maximum Gasteiger partial charge on any atom is 0.256 e. The third-order valence-electron chi connectivity index (χ3n) is 4.72. The smallest absolute Gasteiger partial charge is 0.256 e. The number of nitrogens with one attached hydrogen (secondary N) is 2. The van der Waals surface area contributed by atoms with E-state index in [0.29, 0.717) is 24.3 Å². The van der Waals surface area contributed by atoms with Crippen molar-refractivity contribution in [2.45, 2.75) is 38.9 Å². The fraction of sp³-hybridized carbons (Fsp3) is 0.391. The lowest BCUT2D eigenvalue weighted by Gasteiger charge is -2.27. The van der Waals surface area contributed by atoms with Gasteiger partial charge in [-0.25, -0.2) is 0 Å². The number of hydrogen-bond donors (Lipinski definition) is 2. The van der Waals surface area contributed by atoms with Gasteiger partial charge in [0.05, 0.1) is 0 Å². The van der Waals surface area contributed by atoms with Gasteiger partial charge < -0.3 is 20.3 Å². The summed E-state index contributed by atoms with van der Waals surface area (Å²) in [6, 6.07) is 15.0. The van der Waals surface area contributed by atoms with Gasteiger partial charge in [-0.1, -0.05) is 24.3 Å². The summed E-state index contributed by atoms with van der Waals surface area (Å²) in [5.74, 6) is -0.114. The van der Waals surface area contributed by atoms with Crippen LogP contribution in [-0.2, 0) is 4.74 Å². The topological polar surface area (TPSA) is 70.7 Å². The number of amides is 2. The minimum atomic E-state index is -0.310. The second-order valence-corrected chi connectivity index (χ2v) is 8.26. The zero-order chi connectivity index (χ0) is 21.0. The fourth-order valence-electron chi connectivity index (χ4n) is 3.46. The summed E-state index contributed by atoms with van der Waals surface area (Å²) >= 11 is 0. The number of carbonyl (C=O) groups is 2. The van der Waals surface area contributed by atoms with Crippen molar-refractivity contribution in [1.82, 2.24) is 10.2 Å². The Labute approximate surface area is 172 Å². The molecule has 2 aromatic rings. The van der Waals surface area contributed by atoms with Gasteiger partial charge in [-0.05, 0) is 51.5 Å². The van der Waals surface area contributed by atoms with Crippen LogP contribution in [0, 0.1) is 0 Å². The van der Waals surface area contributed by atoms with E-state index < -0.39 is 0 Å². The first-order chi connectivity index (χ1) is 13.8. The van der Waals surface area contributed by atoms with E-state index in [4.69, 9.17) is 4.74 Å². The molecule has 1 atom stereocenters. The largest absolute Gasteiger partial charge is 0.385 e. The van der Waals surface area contributed by atoms with Crippen LogP contribution in [-0.4, -0.2) is 42.5 Å².